The first-order chi connectivity index (χ1) is 9.79. The zero-order chi connectivity index (χ0) is 15.6. The molecule has 0 aliphatic rings. The van der Waals surface area contributed by atoms with Gasteiger partial charge in [-0.25, -0.2) is 17.5 Å². The monoisotopic (exact) mass is 372 g/mol. The van der Waals surface area contributed by atoms with Crippen LogP contribution in [0.2, 0.25) is 0 Å². The smallest absolute Gasteiger partial charge is 0.243 e. The van der Waals surface area contributed by atoms with Gasteiger partial charge in [0.25, 0.3) is 0 Å². The first-order valence-corrected chi connectivity index (χ1v) is 8.37. The Kier molecular flexibility index (Phi) is 4.65. The van der Waals surface area contributed by atoms with Gasteiger partial charge < -0.3 is 5.73 Å². The van der Waals surface area contributed by atoms with Gasteiger partial charge in [-0.1, -0.05) is 29.8 Å². The molecule has 0 spiro atoms. The SMILES string of the molecule is Cc1ccc(CNS(=O)(=O)c2cc(N)cc(Br)c2F)cc1. The van der Waals surface area contributed by atoms with Crippen molar-refractivity contribution in [2.75, 3.05) is 5.73 Å². The zero-order valence-electron chi connectivity index (χ0n) is 11.2. The van der Waals surface area contributed by atoms with Crippen molar-refractivity contribution >= 4 is 31.6 Å². The van der Waals surface area contributed by atoms with Crippen LogP contribution >= 0.6 is 15.9 Å². The van der Waals surface area contributed by atoms with Gasteiger partial charge in [0.1, 0.15) is 4.90 Å². The van der Waals surface area contributed by atoms with Crippen molar-refractivity contribution in [1.82, 2.24) is 4.72 Å². The van der Waals surface area contributed by atoms with Crippen molar-refractivity contribution in [2.45, 2.75) is 18.4 Å². The Hall–Kier alpha value is -1.44. The standard InChI is InChI=1S/C14H14BrFN2O2S/c1-9-2-4-10(5-3-9)8-18-21(19,20)13-7-11(17)6-12(15)14(13)16/h2-7,18H,8,17H2,1H3. The molecule has 0 aromatic heterocycles. The molecular formula is C14H14BrFN2O2S. The largest absolute Gasteiger partial charge is 0.399 e. The van der Waals surface area contributed by atoms with Gasteiger partial charge in [0, 0.05) is 12.2 Å². The molecule has 0 bridgehead atoms. The summed E-state index contributed by atoms with van der Waals surface area (Å²) in [6.45, 7) is 2.02. The first-order valence-electron chi connectivity index (χ1n) is 6.09. The van der Waals surface area contributed by atoms with E-state index in [1.807, 2.05) is 31.2 Å². The van der Waals surface area contributed by atoms with Crippen molar-refractivity contribution in [3.63, 3.8) is 0 Å². The van der Waals surface area contributed by atoms with E-state index in [9.17, 15) is 12.8 Å². The molecule has 3 N–H and O–H groups in total. The van der Waals surface area contributed by atoms with E-state index in [0.717, 1.165) is 17.2 Å². The Morgan fingerprint density at radius 3 is 2.48 bits per heavy atom. The van der Waals surface area contributed by atoms with Crippen molar-refractivity contribution in [3.05, 3.63) is 57.8 Å². The number of halogens is 2. The van der Waals surface area contributed by atoms with Gasteiger partial charge in [0.15, 0.2) is 5.82 Å². The first kappa shape index (κ1) is 15.9. The molecule has 0 heterocycles. The summed E-state index contributed by atoms with van der Waals surface area (Å²) >= 11 is 2.95. The second kappa shape index (κ2) is 6.13. The van der Waals surface area contributed by atoms with Crippen molar-refractivity contribution < 1.29 is 12.8 Å². The molecule has 21 heavy (non-hydrogen) atoms. The van der Waals surface area contributed by atoms with Crippen LogP contribution in [0.1, 0.15) is 11.1 Å². The van der Waals surface area contributed by atoms with Crippen LogP contribution in [-0.4, -0.2) is 8.42 Å². The number of rotatable bonds is 4. The summed E-state index contributed by atoms with van der Waals surface area (Å²) in [4.78, 5) is -0.471. The van der Waals surface area contributed by atoms with Crippen LogP contribution in [0.5, 0.6) is 0 Å². The van der Waals surface area contributed by atoms with E-state index in [2.05, 4.69) is 20.7 Å². The molecule has 0 saturated heterocycles. The summed E-state index contributed by atoms with van der Waals surface area (Å²) < 4.78 is 40.6. The predicted molar refractivity (Wildman–Crippen MR) is 83.7 cm³/mol. The highest BCUT2D eigenvalue weighted by molar-refractivity contribution is 9.10. The lowest BCUT2D eigenvalue weighted by Gasteiger charge is -2.10. The average molecular weight is 373 g/mol. The van der Waals surface area contributed by atoms with Crippen LogP contribution in [0.15, 0.2) is 45.8 Å². The van der Waals surface area contributed by atoms with Gasteiger partial charge in [0.05, 0.1) is 4.47 Å². The van der Waals surface area contributed by atoms with Crippen LogP contribution in [0.4, 0.5) is 10.1 Å². The Bertz CT molecular complexity index is 761. The fourth-order valence-corrected chi connectivity index (χ4v) is 3.50. The normalized spacial score (nSPS) is 11.6. The third kappa shape index (κ3) is 3.81. The molecule has 0 radical (unpaired) electrons. The van der Waals surface area contributed by atoms with E-state index in [-0.39, 0.29) is 16.7 Å². The summed E-state index contributed by atoms with van der Waals surface area (Å²) in [5.41, 5.74) is 7.59. The summed E-state index contributed by atoms with van der Waals surface area (Å²) in [6.07, 6.45) is 0. The molecule has 0 unspecified atom stereocenters. The molecular weight excluding hydrogens is 359 g/mol. The number of nitrogen functional groups attached to an aromatic ring is 1. The van der Waals surface area contributed by atoms with Gasteiger partial charge in [-0.3, -0.25) is 0 Å². The number of sulfonamides is 1. The number of hydrogen-bond acceptors (Lipinski definition) is 3. The summed E-state index contributed by atoms with van der Waals surface area (Å²) in [7, 11) is -3.98. The minimum Gasteiger partial charge on any atom is -0.399 e. The molecule has 0 saturated carbocycles. The van der Waals surface area contributed by atoms with Gasteiger partial charge in [-0.2, -0.15) is 0 Å². The van der Waals surface area contributed by atoms with Crippen LogP contribution in [-0.2, 0) is 16.6 Å². The van der Waals surface area contributed by atoms with E-state index in [1.165, 1.54) is 6.07 Å². The second-order valence-electron chi connectivity index (χ2n) is 4.62. The lowest BCUT2D eigenvalue weighted by atomic mass is 10.2. The summed E-state index contributed by atoms with van der Waals surface area (Å²) in [5.74, 6) is -0.861. The van der Waals surface area contributed by atoms with Crippen molar-refractivity contribution in [3.8, 4) is 0 Å². The van der Waals surface area contributed by atoms with E-state index >= 15 is 0 Å². The maximum absolute atomic E-state index is 13.9. The third-order valence-corrected chi connectivity index (χ3v) is 4.87. The summed E-state index contributed by atoms with van der Waals surface area (Å²) in [6, 6.07) is 9.78. The van der Waals surface area contributed by atoms with Crippen LogP contribution in [0.25, 0.3) is 0 Å². The van der Waals surface area contributed by atoms with Gasteiger partial charge in [0.2, 0.25) is 10.0 Å². The Morgan fingerprint density at radius 2 is 1.86 bits per heavy atom. The second-order valence-corrected chi connectivity index (χ2v) is 7.21. The van der Waals surface area contributed by atoms with E-state index in [1.54, 1.807) is 0 Å². The molecule has 112 valence electrons. The fraction of sp³-hybridized carbons (Fsp3) is 0.143. The highest BCUT2D eigenvalue weighted by Gasteiger charge is 2.21. The molecule has 2 aromatic rings. The van der Waals surface area contributed by atoms with Crippen molar-refractivity contribution in [2.24, 2.45) is 0 Å². The molecule has 2 rings (SSSR count). The van der Waals surface area contributed by atoms with E-state index in [0.29, 0.717) is 0 Å². The molecule has 7 heteroatoms. The quantitative estimate of drug-likeness (QED) is 0.810. The van der Waals surface area contributed by atoms with E-state index in [4.69, 9.17) is 5.73 Å². The Morgan fingerprint density at radius 1 is 1.24 bits per heavy atom. The minimum atomic E-state index is -3.98. The molecule has 0 aliphatic carbocycles. The van der Waals surface area contributed by atoms with Crippen LogP contribution < -0.4 is 10.5 Å². The number of benzene rings is 2. The molecule has 0 fully saturated rings. The van der Waals surface area contributed by atoms with Gasteiger partial charge in [-0.15, -0.1) is 0 Å². The molecule has 0 aliphatic heterocycles. The van der Waals surface area contributed by atoms with E-state index < -0.39 is 20.7 Å². The number of aryl methyl sites for hydroxylation is 1. The van der Waals surface area contributed by atoms with Crippen molar-refractivity contribution in [1.29, 1.82) is 0 Å². The topological polar surface area (TPSA) is 72.2 Å². The molecule has 2 aromatic carbocycles. The lowest BCUT2D eigenvalue weighted by molar-refractivity contribution is 0.554. The number of hydrogen-bond donors (Lipinski definition) is 2. The molecule has 4 nitrogen and oxygen atoms in total. The van der Waals surface area contributed by atoms with Gasteiger partial charge in [-0.05, 0) is 40.5 Å². The third-order valence-electron chi connectivity index (χ3n) is 2.89. The fourth-order valence-electron chi connectivity index (χ4n) is 1.74. The van der Waals surface area contributed by atoms with Crippen LogP contribution in [0.3, 0.4) is 0 Å². The summed E-state index contributed by atoms with van der Waals surface area (Å²) in [5, 5.41) is 0. The number of nitrogens with one attached hydrogen (secondary N) is 1. The zero-order valence-corrected chi connectivity index (χ0v) is 13.6. The average Bonchev–Trinajstić information content (AvgIpc) is 2.42. The maximum Gasteiger partial charge on any atom is 0.243 e. The molecule has 0 amide bonds. The lowest BCUT2D eigenvalue weighted by Crippen LogP contribution is -2.24. The predicted octanol–water partition coefficient (Wildman–Crippen LogP) is 2.96. The highest BCUT2D eigenvalue weighted by atomic mass is 79.9. The highest BCUT2D eigenvalue weighted by Crippen LogP contribution is 2.26. The minimum absolute atomic E-state index is 0.0122. The maximum atomic E-state index is 13.9. The Labute approximate surface area is 131 Å². The number of nitrogens with two attached hydrogens (primary N) is 1. The Balaban J connectivity index is 2.25. The molecule has 0 atom stereocenters. The van der Waals surface area contributed by atoms with Crippen LogP contribution in [0, 0.1) is 12.7 Å². The number of anilines is 1. The van der Waals surface area contributed by atoms with Gasteiger partial charge >= 0.3 is 0 Å².